The maximum Gasteiger partial charge on any atom is 0.224 e. The van der Waals surface area contributed by atoms with Crippen LogP contribution in [0.4, 0.5) is 10.1 Å². The fourth-order valence-electron chi connectivity index (χ4n) is 2.17. The van der Waals surface area contributed by atoms with Gasteiger partial charge in [-0.05, 0) is 42.3 Å². The van der Waals surface area contributed by atoms with E-state index in [1.54, 1.807) is 36.7 Å². The lowest BCUT2D eigenvalue weighted by atomic mass is 10.1. The van der Waals surface area contributed by atoms with Gasteiger partial charge in [-0.3, -0.25) is 14.8 Å². The largest absolute Gasteiger partial charge is 0.326 e. The molecule has 22 heavy (non-hydrogen) atoms. The van der Waals surface area contributed by atoms with E-state index in [-0.39, 0.29) is 11.7 Å². The summed E-state index contributed by atoms with van der Waals surface area (Å²) in [5, 5.41) is 2.83. The molecule has 1 N–H and O–H groups in total. The Bertz CT molecular complexity index is 802. The van der Waals surface area contributed by atoms with Crippen molar-refractivity contribution in [3.05, 3.63) is 66.2 Å². The Morgan fingerprint density at radius 2 is 1.73 bits per heavy atom. The van der Waals surface area contributed by atoms with Crippen molar-refractivity contribution in [2.45, 2.75) is 12.8 Å². The van der Waals surface area contributed by atoms with Crippen LogP contribution in [0.15, 0.2) is 54.9 Å². The van der Waals surface area contributed by atoms with Crippen LogP contribution in [0.25, 0.3) is 11.0 Å². The van der Waals surface area contributed by atoms with Crippen molar-refractivity contribution in [3.8, 4) is 0 Å². The molecule has 0 saturated carbocycles. The first-order valence-electron chi connectivity index (χ1n) is 6.96. The Morgan fingerprint density at radius 3 is 2.50 bits per heavy atom. The van der Waals surface area contributed by atoms with Crippen LogP contribution in [0.3, 0.4) is 0 Å². The molecule has 0 radical (unpaired) electrons. The third kappa shape index (κ3) is 3.44. The van der Waals surface area contributed by atoms with Gasteiger partial charge in [0, 0.05) is 24.5 Å². The second-order valence-electron chi connectivity index (χ2n) is 4.93. The molecule has 1 amide bonds. The van der Waals surface area contributed by atoms with Crippen LogP contribution in [0.5, 0.6) is 0 Å². The highest BCUT2D eigenvalue weighted by Crippen LogP contribution is 2.15. The summed E-state index contributed by atoms with van der Waals surface area (Å²) in [4.78, 5) is 20.3. The molecule has 5 heteroatoms. The van der Waals surface area contributed by atoms with E-state index in [2.05, 4.69) is 15.3 Å². The van der Waals surface area contributed by atoms with Gasteiger partial charge in [-0.1, -0.05) is 12.1 Å². The van der Waals surface area contributed by atoms with Crippen molar-refractivity contribution in [2.24, 2.45) is 0 Å². The number of halogens is 1. The highest BCUT2D eigenvalue weighted by atomic mass is 19.1. The Hall–Kier alpha value is -2.82. The lowest BCUT2D eigenvalue weighted by molar-refractivity contribution is -0.116. The third-order valence-electron chi connectivity index (χ3n) is 3.31. The molecular formula is C17H14FN3O. The van der Waals surface area contributed by atoms with Crippen LogP contribution >= 0.6 is 0 Å². The van der Waals surface area contributed by atoms with Crippen LogP contribution < -0.4 is 5.32 Å². The lowest BCUT2D eigenvalue weighted by Gasteiger charge is -2.06. The standard InChI is InChI=1S/C17H14FN3O/c18-13-4-1-12(2-5-13)3-8-17(22)21-14-6-7-15-16(11-14)20-10-9-19-15/h1-2,4-7,9-11H,3,8H2,(H,21,22). The number of benzene rings is 2. The smallest absolute Gasteiger partial charge is 0.224 e. The lowest BCUT2D eigenvalue weighted by Crippen LogP contribution is -2.12. The number of aromatic nitrogens is 2. The monoisotopic (exact) mass is 295 g/mol. The second-order valence-corrected chi connectivity index (χ2v) is 4.93. The number of amides is 1. The zero-order valence-electron chi connectivity index (χ0n) is 11.8. The van der Waals surface area contributed by atoms with Gasteiger partial charge in [0.15, 0.2) is 0 Å². The van der Waals surface area contributed by atoms with E-state index in [4.69, 9.17) is 0 Å². The first-order valence-corrected chi connectivity index (χ1v) is 6.96. The zero-order valence-corrected chi connectivity index (χ0v) is 11.8. The van der Waals surface area contributed by atoms with Crippen LogP contribution in [0.2, 0.25) is 0 Å². The van der Waals surface area contributed by atoms with Crippen molar-refractivity contribution >= 4 is 22.6 Å². The summed E-state index contributed by atoms with van der Waals surface area (Å²) in [5.74, 6) is -0.363. The molecule has 4 nitrogen and oxygen atoms in total. The average Bonchev–Trinajstić information content (AvgIpc) is 2.54. The van der Waals surface area contributed by atoms with Gasteiger partial charge in [0.1, 0.15) is 5.82 Å². The number of rotatable bonds is 4. The Labute approximate surface area is 127 Å². The quantitative estimate of drug-likeness (QED) is 0.803. The molecule has 3 rings (SSSR count). The molecule has 0 aliphatic heterocycles. The predicted molar refractivity (Wildman–Crippen MR) is 82.9 cm³/mol. The van der Waals surface area contributed by atoms with E-state index in [9.17, 15) is 9.18 Å². The molecule has 0 spiro atoms. The fourth-order valence-corrected chi connectivity index (χ4v) is 2.17. The van der Waals surface area contributed by atoms with Gasteiger partial charge >= 0.3 is 0 Å². The summed E-state index contributed by atoms with van der Waals surface area (Å²) in [6.45, 7) is 0. The number of carbonyl (C=O) groups excluding carboxylic acids is 1. The van der Waals surface area contributed by atoms with Crippen molar-refractivity contribution in [3.63, 3.8) is 0 Å². The topological polar surface area (TPSA) is 54.9 Å². The van der Waals surface area contributed by atoms with Crippen molar-refractivity contribution in [1.82, 2.24) is 9.97 Å². The maximum atomic E-state index is 12.8. The van der Waals surface area contributed by atoms with Gasteiger partial charge in [0.05, 0.1) is 11.0 Å². The van der Waals surface area contributed by atoms with Crippen molar-refractivity contribution in [1.29, 1.82) is 0 Å². The summed E-state index contributed by atoms with van der Waals surface area (Å²) < 4.78 is 12.8. The van der Waals surface area contributed by atoms with Gasteiger partial charge in [-0.15, -0.1) is 0 Å². The Balaban J connectivity index is 1.61. The molecule has 0 unspecified atom stereocenters. The van der Waals surface area contributed by atoms with Gasteiger partial charge in [-0.25, -0.2) is 4.39 Å². The van der Waals surface area contributed by atoms with E-state index < -0.39 is 0 Å². The molecule has 110 valence electrons. The number of nitrogens with one attached hydrogen (secondary N) is 1. The van der Waals surface area contributed by atoms with Crippen LogP contribution in [-0.4, -0.2) is 15.9 Å². The van der Waals surface area contributed by atoms with Crippen LogP contribution in [0, 0.1) is 5.82 Å². The summed E-state index contributed by atoms with van der Waals surface area (Å²) >= 11 is 0. The normalized spacial score (nSPS) is 10.6. The molecule has 0 bridgehead atoms. The molecule has 0 fully saturated rings. The van der Waals surface area contributed by atoms with E-state index in [0.29, 0.717) is 18.5 Å². The molecule has 2 aromatic carbocycles. The number of nitrogens with zero attached hydrogens (tertiary/aromatic N) is 2. The van der Waals surface area contributed by atoms with E-state index in [1.165, 1.54) is 12.1 Å². The minimum atomic E-state index is -0.273. The third-order valence-corrected chi connectivity index (χ3v) is 3.31. The summed E-state index contributed by atoms with van der Waals surface area (Å²) in [6.07, 6.45) is 4.15. The number of hydrogen-bond acceptors (Lipinski definition) is 3. The highest BCUT2D eigenvalue weighted by molar-refractivity contribution is 5.92. The minimum Gasteiger partial charge on any atom is -0.326 e. The minimum absolute atomic E-state index is 0.0902. The van der Waals surface area contributed by atoms with Gasteiger partial charge in [0.25, 0.3) is 0 Å². The summed E-state index contributed by atoms with van der Waals surface area (Å²) in [7, 11) is 0. The molecule has 1 heterocycles. The highest BCUT2D eigenvalue weighted by Gasteiger charge is 2.05. The first-order chi connectivity index (χ1) is 10.7. The van der Waals surface area contributed by atoms with E-state index >= 15 is 0 Å². The molecule has 0 aliphatic rings. The van der Waals surface area contributed by atoms with E-state index in [0.717, 1.165) is 16.6 Å². The SMILES string of the molecule is O=C(CCc1ccc(F)cc1)Nc1ccc2nccnc2c1. The Morgan fingerprint density at radius 1 is 1.00 bits per heavy atom. The number of hydrogen-bond donors (Lipinski definition) is 1. The number of aryl methyl sites for hydroxylation is 1. The molecule has 0 atom stereocenters. The predicted octanol–water partition coefficient (Wildman–Crippen LogP) is 3.34. The van der Waals surface area contributed by atoms with E-state index in [1.807, 2.05) is 6.07 Å². The molecule has 3 aromatic rings. The number of anilines is 1. The Kier molecular flexibility index (Phi) is 4.05. The first kappa shape index (κ1) is 14.1. The van der Waals surface area contributed by atoms with Gasteiger partial charge < -0.3 is 5.32 Å². The van der Waals surface area contributed by atoms with Gasteiger partial charge in [0.2, 0.25) is 5.91 Å². The van der Waals surface area contributed by atoms with Crippen LogP contribution in [0.1, 0.15) is 12.0 Å². The number of fused-ring (bicyclic) bond motifs is 1. The fraction of sp³-hybridized carbons (Fsp3) is 0.118. The summed E-state index contributed by atoms with van der Waals surface area (Å²) in [5.41, 5.74) is 3.14. The van der Waals surface area contributed by atoms with Gasteiger partial charge in [-0.2, -0.15) is 0 Å². The molecule has 0 aliphatic carbocycles. The van der Waals surface area contributed by atoms with Crippen molar-refractivity contribution < 1.29 is 9.18 Å². The number of carbonyl (C=O) groups is 1. The molecule has 1 aromatic heterocycles. The van der Waals surface area contributed by atoms with Crippen LogP contribution in [-0.2, 0) is 11.2 Å². The summed E-state index contributed by atoms with van der Waals surface area (Å²) in [6, 6.07) is 11.6. The molecular weight excluding hydrogens is 281 g/mol. The zero-order chi connectivity index (χ0) is 15.4. The average molecular weight is 295 g/mol. The second kappa shape index (κ2) is 6.30. The van der Waals surface area contributed by atoms with Crippen molar-refractivity contribution in [2.75, 3.05) is 5.32 Å². The molecule has 0 saturated heterocycles. The maximum absolute atomic E-state index is 12.8.